The number of aromatic nitrogens is 1. The lowest BCUT2D eigenvalue weighted by molar-refractivity contribution is 0.0204. The molecule has 0 atom stereocenters. The number of piperidine rings is 1. The predicted molar refractivity (Wildman–Crippen MR) is 161 cm³/mol. The maximum Gasteiger partial charge on any atom is 0.410 e. The van der Waals surface area contributed by atoms with Crippen molar-refractivity contribution in [3.05, 3.63) is 70.1 Å². The smallest absolute Gasteiger partial charge is 0.410 e. The van der Waals surface area contributed by atoms with E-state index in [9.17, 15) is 9.59 Å². The number of hydrogen-bond acceptors (Lipinski definition) is 5. The highest BCUT2D eigenvalue weighted by atomic mass is 16.6. The van der Waals surface area contributed by atoms with Crippen molar-refractivity contribution < 1.29 is 14.3 Å². The number of rotatable bonds is 3. The standard InChI is InChI=1S/C33H46N4O3/c1-7-37(26-17-19-36(20-18-26)32(39)40-33(4,5)6)30-16-12-15-28-27(30)14-11-9-8-10-13-25-21-23(2)35-24(3)29(25)22-34-31(28)38/h9,11-12,15-16,21,26H,7-8,10,13-14,17-20,22H2,1-6H3,(H,34,38)/b11-9+. The van der Waals surface area contributed by atoms with Gasteiger partial charge in [-0.3, -0.25) is 9.78 Å². The molecular formula is C33H46N4O3. The van der Waals surface area contributed by atoms with Crippen molar-refractivity contribution in [2.24, 2.45) is 0 Å². The molecule has 0 radical (unpaired) electrons. The van der Waals surface area contributed by atoms with E-state index in [-0.39, 0.29) is 18.0 Å². The molecule has 2 amide bonds. The molecule has 1 fully saturated rings. The van der Waals surface area contributed by atoms with Gasteiger partial charge in [-0.05, 0) is 115 Å². The van der Waals surface area contributed by atoms with Crippen LogP contribution in [0.2, 0.25) is 0 Å². The highest BCUT2D eigenvalue weighted by Crippen LogP contribution is 2.31. The van der Waals surface area contributed by atoms with Crippen molar-refractivity contribution in [3.63, 3.8) is 0 Å². The van der Waals surface area contributed by atoms with Crippen molar-refractivity contribution in [2.75, 3.05) is 24.5 Å². The largest absolute Gasteiger partial charge is 0.444 e. The number of fused-ring (bicyclic) bond motifs is 2. The Morgan fingerprint density at radius 1 is 1.15 bits per heavy atom. The molecule has 4 rings (SSSR count). The topological polar surface area (TPSA) is 74.8 Å². The van der Waals surface area contributed by atoms with Gasteiger partial charge in [0.25, 0.3) is 5.91 Å². The van der Waals surface area contributed by atoms with Crippen LogP contribution in [-0.4, -0.2) is 53.2 Å². The van der Waals surface area contributed by atoms with Crippen LogP contribution in [0.5, 0.6) is 0 Å². The Labute approximate surface area is 240 Å². The van der Waals surface area contributed by atoms with Crippen molar-refractivity contribution in [1.29, 1.82) is 0 Å². The number of allylic oxidation sites excluding steroid dienone is 2. The van der Waals surface area contributed by atoms with Crippen LogP contribution < -0.4 is 10.2 Å². The number of benzene rings is 1. The number of aryl methyl sites for hydroxylation is 3. The summed E-state index contributed by atoms with van der Waals surface area (Å²) >= 11 is 0. The zero-order valence-electron chi connectivity index (χ0n) is 25.2. The van der Waals surface area contributed by atoms with Gasteiger partial charge in [0.2, 0.25) is 0 Å². The van der Waals surface area contributed by atoms with Gasteiger partial charge in [-0.15, -0.1) is 0 Å². The van der Waals surface area contributed by atoms with E-state index in [0.29, 0.717) is 26.1 Å². The number of likely N-dealkylation sites (tertiary alicyclic amines) is 1. The monoisotopic (exact) mass is 546 g/mol. The van der Waals surface area contributed by atoms with Crippen molar-refractivity contribution in [3.8, 4) is 0 Å². The third-order valence-corrected chi connectivity index (χ3v) is 7.89. The molecule has 0 aliphatic carbocycles. The van der Waals surface area contributed by atoms with Crippen LogP contribution in [0, 0.1) is 13.8 Å². The minimum atomic E-state index is -0.497. The van der Waals surface area contributed by atoms with Crippen molar-refractivity contribution in [2.45, 2.75) is 98.3 Å². The van der Waals surface area contributed by atoms with Crippen LogP contribution in [-0.2, 0) is 24.1 Å². The van der Waals surface area contributed by atoms with E-state index in [1.807, 2.05) is 51.7 Å². The summed E-state index contributed by atoms with van der Waals surface area (Å²) in [6.07, 6.45) is 9.71. The molecule has 1 saturated heterocycles. The molecule has 0 bridgehead atoms. The Balaban J connectivity index is 1.58. The van der Waals surface area contributed by atoms with Crippen LogP contribution in [0.3, 0.4) is 0 Å². The van der Waals surface area contributed by atoms with E-state index in [1.165, 1.54) is 5.56 Å². The number of carbonyl (C=O) groups excluding carboxylic acids is 2. The Hall–Kier alpha value is -3.35. The van der Waals surface area contributed by atoms with Crippen LogP contribution in [0.15, 0.2) is 36.4 Å². The maximum atomic E-state index is 13.6. The number of carbonyl (C=O) groups is 2. The number of ether oxygens (including phenoxy) is 1. The summed E-state index contributed by atoms with van der Waals surface area (Å²) in [6.45, 7) is 14.6. The Morgan fingerprint density at radius 3 is 2.60 bits per heavy atom. The molecule has 1 aromatic heterocycles. The molecule has 0 spiro atoms. The average molecular weight is 547 g/mol. The second-order valence-electron chi connectivity index (χ2n) is 12.0. The lowest BCUT2D eigenvalue weighted by atomic mass is 9.96. The molecule has 2 aliphatic heterocycles. The van der Waals surface area contributed by atoms with E-state index < -0.39 is 5.60 Å². The van der Waals surface area contributed by atoms with Gasteiger partial charge in [0, 0.05) is 54.9 Å². The van der Waals surface area contributed by atoms with Crippen LogP contribution in [0.1, 0.15) is 91.8 Å². The molecule has 216 valence electrons. The third-order valence-electron chi connectivity index (χ3n) is 7.89. The second-order valence-corrected chi connectivity index (χ2v) is 12.0. The molecule has 0 saturated carbocycles. The summed E-state index contributed by atoms with van der Waals surface area (Å²) in [5.41, 5.74) is 6.82. The first kappa shape index (κ1) is 29.6. The van der Waals surface area contributed by atoms with E-state index >= 15 is 0 Å². The molecule has 40 heavy (non-hydrogen) atoms. The Bertz CT molecular complexity index is 1240. The Kier molecular flexibility index (Phi) is 9.54. The predicted octanol–water partition coefficient (Wildman–Crippen LogP) is 6.29. The molecule has 2 aromatic rings. The molecule has 1 aromatic carbocycles. The van der Waals surface area contributed by atoms with E-state index in [0.717, 1.165) is 72.4 Å². The number of nitrogens with one attached hydrogen (secondary N) is 1. The van der Waals surface area contributed by atoms with Crippen LogP contribution in [0.25, 0.3) is 0 Å². The molecule has 7 heteroatoms. The number of hydrogen-bond donors (Lipinski definition) is 1. The molecule has 7 nitrogen and oxygen atoms in total. The quantitative estimate of drug-likeness (QED) is 0.458. The first-order valence-electron chi connectivity index (χ1n) is 14.8. The third kappa shape index (κ3) is 7.23. The van der Waals surface area contributed by atoms with E-state index in [4.69, 9.17) is 4.74 Å². The van der Waals surface area contributed by atoms with E-state index in [1.54, 1.807) is 0 Å². The van der Waals surface area contributed by atoms with E-state index in [2.05, 4.69) is 46.4 Å². The van der Waals surface area contributed by atoms with Gasteiger partial charge in [0.05, 0.1) is 0 Å². The number of pyridine rings is 1. The van der Waals surface area contributed by atoms with Crippen molar-refractivity contribution in [1.82, 2.24) is 15.2 Å². The fourth-order valence-electron chi connectivity index (χ4n) is 5.98. The molecule has 3 heterocycles. The molecular weight excluding hydrogens is 500 g/mol. The number of anilines is 1. The fraction of sp³-hybridized carbons (Fsp3) is 0.545. The second kappa shape index (κ2) is 12.9. The van der Waals surface area contributed by atoms with Gasteiger partial charge >= 0.3 is 6.09 Å². The minimum Gasteiger partial charge on any atom is -0.444 e. The molecule has 0 unspecified atom stereocenters. The highest BCUT2D eigenvalue weighted by Gasteiger charge is 2.30. The normalized spacial score (nSPS) is 17.9. The average Bonchev–Trinajstić information content (AvgIpc) is 2.91. The SMILES string of the molecule is CCN(c1cccc2c1C/C=C/CCCc1cc(C)nc(C)c1CNC2=O)C1CCN(C(=O)OC(C)(C)C)CC1. The fourth-order valence-corrected chi connectivity index (χ4v) is 5.98. The zero-order chi connectivity index (χ0) is 28.9. The number of amides is 2. The van der Waals surface area contributed by atoms with Crippen molar-refractivity contribution >= 4 is 17.7 Å². The maximum absolute atomic E-state index is 13.6. The van der Waals surface area contributed by atoms with Crippen LogP contribution in [0.4, 0.5) is 10.5 Å². The lowest BCUT2D eigenvalue weighted by Gasteiger charge is -2.40. The van der Waals surface area contributed by atoms with Gasteiger partial charge in [0.15, 0.2) is 0 Å². The molecule has 2 aliphatic rings. The van der Waals surface area contributed by atoms with Gasteiger partial charge in [-0.1, -0.05) is 18.2 Å². The zero-order valence-corrected chi connectivity index (χ0v) is 25.2. The van der Waals surface area contributed by atoms with Gasteiger partial charge in [0.1, 0.15) is 5.60 Å². The minimum absolute atomic E-state index is 0.0498. The van der Waals surface area contributed by atoms with Gasteiger partial charge in [-0.2, -0.15) is 0 Å². The molecule has 1 N–H and O–H groups in total. The Morgan fingerprint density at radius 2 is 1.90 bits per heavy atom. The summed E-state index contributed by atoms with van der Waals surface area (Å²) in [5, 5.41) is 3.21. The summed E-state index contributed by atoms with van der Waals surface area (Å²) in [4.78, 5) is 35.2. The summed E-state index contributed by atoms with van der Waals surface area (Å²) in [7, 11) is 0. The van der Waals surface area contributed by atoms with Crippen LogP contribution >= 0.6 is 0 Å². The first-order valence-corrected chi connectivity index (χ1v) is 14.8. The first-order chi connectivity index (χ1) is 19.1. The highest BCUT2D eigenvalue weighted by molar-refractivity contribution is 5.97. The summed E-state index contributed by atoms with van der Waals surface area (Å²) in [6, 6.07) is 8.54. The van der Waals surface area contributed by atoms with Gasteiger partial charge in [-0.25, -0.2) is 4.79 Å². The number of nitrogens with zero attached hydrogens (tertiary/aromatic N) is 3. The van der Waals surface area contributed by atoms with Gasteiger partial charge < -0.3 is 19.9 Å². The summed E-state index contributed by atoms with van der Waals surface area (Å²) in [5.74, 6) is -0.0498. The lowest BCUT2D eigenvalue weighted by Crippen LogP contribution is -2.48. The summed E-state index contributed by atoms with van der Waals surface area (Å²) < 4.78 is 5.60.